The SMILES string of the molecule is COC(=O)[C@]1(c2ccccc2)C[C@]1(c1ccccc1)c1ccc(NC(C)=O)cc1. The summed E-state index contributed by atoms with van der Waals surface area (Å²) in [5, 5.41) is 2.80. The number of nitrogens with one attached hydrogen (secondary N) is 1. The van der Waals surface area contributed by atoms with Gasteiger partial charge in [-0.05, 0) is 35.2 Å². The summed E-state index contributed by atoms with van der Waals surface area (Å²) in [5.41, 5.74) is 2.45. The van der Waals surface area contributed by atoms with Crippen LogP contribution in [0.25, 0.3) is 0 Å². The highest BCUT2D eigenvalue weighted by Gasteiger charge is 2.74. The minimum absolute atomic E-state index is 0.116. The van der Waals surface area contributed by atoms with Crippen molar-refractivity contribution in [2.75, 3.05) is 12.4 Å². The maximum atomic E-state index is 13.2. The Kier molecular flexibility index (Phi) is 4.71. The molecule has 0 heterocycles. The van der Waals surface area contributed by atoms with Crippen LogP contribution >= 0.6 is 0 Å². The summed E-state index contributed by atoms with van der Waals surface area (Å²) in [7, 11) is 1.45. The predicted molar refractivity (Wildman–Crippen MR) is 113 cm³/mol. The zero-order valence-electron chi connectivity index (χ0n) is 16.5. The molecule has 2 atom stereocenters. The maximum absolute atomic E-state index is 13.2. The number of hydrogen-bond donors (Lipinski definition) is 1. The molecule has 1 fully saturated rings. The molecule has 4 rings (SSSR count). The quantitative estimate of drug-likeness (QED) is 0.661. The van der Waals surface area contributed by atoms with E-state index < -0.39 is 10.8 Å². The number of rotatable bonds is 5. The first kappa shape index (κ1) is 18.9. The number of hydrogen-bond acceptors (Lipinski definition) is 3. The summed E-state index contributed by atoms with van der Waals surface area (Å²) in [6.45, 7) is 1.48. The van der Waals surface area contributed by atoms with Crippen molar-refractivity contribution in [1.29, 1.82) is 0 Å². The van der Waals surface area contributed by atoms with Crippen molar-refractivity contribution >= 4 is 17.6 Å². The number of anilines is 1. The molecule has 0 spiro atoms. The van der Waals surface area contributed by atoms with Crippen molar-refractivity contribution in [1.82, 2.24) is 0 Å². The van der Waals surface area contributed by atoms with Crippen molar-refractivity contribution in [2.45, 2.75) is 24.2 Å². The van der Waals surface area contributed by atoms with E-state index in [4.69, 9.17) is 4.74 Å². The molecule has 0 aromatic heterocycles. The largest absolute Gasteiger partial charge is 0.468 e. The second-order valence-corrected chi connectivity index (χ2v) is 7.47. The van der Waals surface area contributed by atoms with Crippen LogP contribution in [-0.4, -0.2) is 19.0 Å². The van der Waals surface area contributed by atoms with Crippen LogP contribution < -0.4 is 5.32 Å². The van der Waals surface area contributed by atoms with Gasteiger partial charge in [-0.3, -0.25) is 9.59 Å². The van der Waals surface area contributed by atoms with E-state index in [1.54, 1.807) is 0 Å². The Morgan fingerprint density at radius 3 is 1.83 bits per heavy atom. The van der Waals surface area contributed by atoms with E-state index in [1.807, 2.05) is 72.8 Å². The average Bonchev–Trinajstić information content (AvgIpc) is 3.47. The molecule has 1 amide bonds. The first-order valence-electron chi connectivity index (χ1n) is 9.62. The average molecular weight is 385 g/mol. The number of methoxy groups -OCH3 is 1. The molecule has 1 saturated carbocycles. The molecule has 29 heavy (non-hydrogen) atoms. The van der Waals surface area contributed by atoms with Crippen molar-refractivity contribution < 1.29 is 14.3 Å². The molecule has 0 saturated heterocycles. The minimum Gasteiger partial charge on any atom is -0.468 e. The van der Waals surface area contributed by atoms with Gasteiger partial charge in [0, 0.05) is 18.0 Å². The topological polar surface area (TPSA) is 55.4 Å². The molecule has 0 unspecified atom stereocenters. The fourth-order valence-electron chi connectivity index (χ4n) is 4.59. The fraction of sp³-hybridized carbons (Fsp3) is 0.200. The molecule has 1 N–H and O–H groups in total. The lowest BCUT2D eigenvalue weighted by atomic mass is 9.77. The van der Waals surface area contributed by atoms with Crippen molar-refractivity contribution in [3.63, 3.8) is 0 Å². The number of esters is 1. The van der Waals surface area contributed by atoms with Gasteiger partial charge in [-0.25, -0.2) is 0 Å². The number of ether oxygens (including phenoxy) is 1. The summed E-state index contributed by atoms with van der Waals surface area (Å²) in [6, 6.07) is 27.7. The van der Waals surface area contributed by atoms with Crippen molar-refractivity contribution in [3.8, 4) is 0 Å². The van der Waals surface area contributed by atoms with Crippen LogP contribution in [0, 0.1) is 0 Å². The van der Waals surface area contributed by atoms with E-state index >= 15 is 0 Å². The van der Waals surface area contributed by atoms with Gasteiger partial charge in [0.15, 0.2) is 0 Å². The van der Waals surface area contributed by atoms with E-state index in [0.29, 0.717) is 6.42 Å². The molecule has 4 nitrogen and oxygen atoms in total. The van der Waals surface area contributed by atoms with E-state index in [-0.39, 0.29) is 11.9 Å². The lowest BCUT2D eigenvalue weighted by Gasteiger charge is -2.26. The third kappa shape index (κ3) is 2.92. The molecular weight excluding hydrogens is 362 g/mol. The van der Waals surface area contributed by atoms with Crippen LogP contribution in [-0.2, 0) is 25.2 Å². The zero-order valence-corrected chi connectivity index (χ0v) is 16.5. The van der Waals surface area contributed by atoms with Gasteiger partial charge >= 0.3 is 5.97 Å². The van der Waals surface area contributed by atoms with E-state index in [1.165, 1.54) is 14.0 Å². The van der Waals surface area contributed by atoms with Crippen LogP contribution in [0.15, 0.2) is 84.9 Å². The summed E-state index contributed by atoms with van der Waals surface area (Å²) in [4.78, 5) is 24.6. The third-order valence-corrected chi connectivity index (χ3v) is 5.90. The Bertz CT molecular complexity index is 1030. The number of benzene rings is 3. The van der Waals surface area contributed by atoms with Crippen LogP contribution in [0.5, 0.6) is 0 Å². The van der Waals surface area contributed by atoms with E-state index in [9.17, 15) is 9.59 Å². The van der Waals surface area contributed by atoms with Gasteiger partial charge in [0.25, 0.3) is 0 Å². The second-order valence-electron chi connectivity index (χ2n) is 7.47. The monoisotopic (exact) mass is 385 g/mol. The van der Waals surface area contributed by atoms with Crippen molar-refractivity contribution in [2.24, 2.45) is 0 Å². The first-order valence-corrected chi connectivity index (χ1v) is 9.62. The molecule has 0 bridgehead atoms. The Hall–Kier alpha value is -3.40. The summed E-state index contributed by atoms with van der Waals surface area (Å²) in [5.74, 6) is -0.353. The highest BCUT2D eigenvalue weighted by Crippen LogP contribution is 2.69. The molecule has 0 radical (unpaired) electrons. The van der Waals surface area contributed by atoms with E-state index in [0.717, 1.165) is 22.4 Å². The summed E-state index contributed by atoms with van der Waals surface area (Å²) in [6.07, 6.45) is 0.625. The van der Waals surface area contributed by atoms with Gasteiger partial charge < -0.3 is 10.1 Å². The van der Waals surface area contributed by atoms with Crippen LogP contribution in [0.1, 0.15) is 30.0 Å². The Morgan fingerprint density at radius 2 is 1.31 bits per heavy atom. The molecule has 1 aliphatic carbocycles. The first-order chi connectivity index (χ1) is 14.0. The molecule has 3 aromatic rings. The molecule has 3 aromatic carbocycles. The Balaban J connectivity index is 1.90. The molecule has 146 valence electrons. The van der Waals surface area contributed by atoms with Gasteiger partial charge in [-0.1, -0.05) is 72.8 Å². The standard InChI is InChI=1S/C25H23NO3/c1-18(27)26-22-15-13-21(14-16-22)24(19-9-5-3-6-10-19)17-25(24,23(28)29-2)20-11-7-4-8-12-20/h3-16H,17H2,1-2H3,(H,26,27)/t24-,25+/m0/s1. The Morgan fingerprint density at radius 1 is 0.793 bits per heavy atom. The Labute approximate surface area is 170 Å². The number of amides is 1. The smallest absolute Gasteiger partial charge is 0.317 e. The van der Waals surface area contributed by atoms with Gasteiger partial charge in [0.1, 0.15) is 5.41 Å². The highest BCUT2D eigenvalue weighted by molar-refractivity contribution is 5.93. The third-order valence-electron chi connectivity index (χ3n) is 5.90. The van der Waals surface area contributed by atoms with Crippen LogP contribution in [0.2, 0.25) is 0 Å². The van der Waals surface area contributed by atoms with Crippen molar-refractivity contribution in [3.05, 3.63) is 102 Å². The minimum atomic E-state index is -0.792. The predicted octanol–water partition coefficient (Wildman–Crippen LogP) is 4.45. The van der Waals surface area contributed by atoms with Gasteiger partial charge in [0.05, 0.1) is 7.11 Å². The van der Waals surface area contributed by atoms with Crippen LogP contribution in [0.4, 0.5) is 5.69 Å². The lowest BCUT2D eigenvalue weighted by Crippen LogP contribution is -2.32. The highest BCUT2D eigenvalue weighted by atomic mass is 16.5. The summed E-state index contributed by atoms with van der Waals surface area (Å²) < 4.78 is 5.31. The van der Waals surface area contributed by atoms with Gasteiger partial charge in [-0.15, -0.1) is 0 Å². The summed E-state index contributed by atoms with van der Waals surface area (Å²) >= 11 is 0. The number of carbonyl (C=O) groups is 2. The lowest BCUT2D eigenvalue weighted by molar-refractivity contribution is -0.144. The molecule has 1 aliphatic rings. The van der Waals surface area contributed by atoms with Gasteiger partial charge in [-0.2, -0.15) is 0 Å². The normalized spacial score (nSPS) is 22.6. The van der Waals surface area contributed by atoms with E-state index in [2.05, 4.69) is 17.4 Å². The number of carbonyl (C=O) groups excluding carboxylic acids is 2. The molecular formula is C25H23NO3. The van der Waals surface area contributed by atoms with Crippen LogP contribution in [0.3, 0.4) is 0 Å². The molecule has 0 aliphatic heterocycles. The second kappa shape index (κ2) is 7.21. The molecule has 4 heteroatoms. The maximum Gasteiger partial charge on any atom is 0.317 e. The zero-order chi connectivity index (χ0) is 20.5. The fourth-order valence-corrected chi connectivity index (χ4v) is 4.59. The van der Waals surface area contributed by atoms with Gasteiger partial charge in [0.2, 0.25) is 5.91 Å².